The number of phenols is 1. The lowest BCUT2D eigenvalue weighted by Crippen LogP contribution is -2.31. The molecule has 0 saturated heterocycles. The number of dihydropyridines is 1. The van der Waals surface area contributed by atoms with E-state index in [1.165, 1.54) is 31.4 Å². The number of hydrogen-bond acceptors (Lipinski definition) is 6. The summed E-state index contributed by atoms with van der Waals surface area (Å²) in [6.07, 6.45) is 0. The van der Waals surface area contributed by atoms with Gasteiger partial charge in [0.1, 0.15) is 5.75 Å². The van der Waals surface area contributed by atoms with Gasteiger partial charge in [-0.05, 0) is 49.7 Å². The summed E-state index contributed by atoms with van der Waals surface area (Å²) in [4.78, 5) is 12.6. The molecule has 1 aliphatic heterocycles. The Bertz CT molecular complexity index is 1130. The van der Waals surface area contributed by atoms with Crippen molar-refractivity contribution in [1.82, 2.24) is 5.32 Å². The van der Waals surface area contributed by atoms with E-state index in [4.69, 9.17) is 16.3 Å². The summed E-state index contributed by atoms with van der Waals surface area (Å²) >= 11 is 6.40. The largest absolute Gasteiger partial charge is 0.508 e. The van der Waals surface area contributed by atoms with Crippen LogP contribution in [0, 0.1) is 0 Å². The molecule has 1 unspecified atom stereocenters. The first-order valence-corrected chi connectivity index (χ1v) is 10.6. The minimum atomic E-state index is -4.03. The zero-order valence-electron chi connectivity index (χ0n) is 16.1. The third-order valence-electron chi connectivity index (χ3n) is 4.76. The molecule has 0 aromatic heterocycles. The number of hydrogen-bond donors (Lipinski definition) is 2. The van der Waals surface area contributed by atoms with E-state index in [1.54, 1.807) is 38.1 Å². The van der Waals surface area contributed by atoms with Crippen molar-refractivity contribution in [2.45, 2.75) is 24.7 Å². The topological polar surface area (TPSA) is 92.7 Å². The first-order valence-electron chi connectivity index (χ1n) is 8.74. The van der Waals surface area contributed by atoms with E-state index in [-0.39, 0.29) is 21.1 Å². The lowest BCUT2D eigenvalue weighted by Gasteiger charge is -2.31. The quantitative estimate of drug-likeness (QED) is 0.711. The van der Waals surface area contributed by atoms with Crippen LogP contribution in [0.2, 0.25) is 5.02 Å². The Morgan fingerprint density at radius 3 is 2.28 bits per heavy atom. The second-order valence-corrected chi connectivity index (χ2v) is 8.92. The number of carbonyl (C=O) groups excluding carboxylic acids is 1. The van der Waals surface area contributed by atoms with E-state index in [1.807, 2.05) is 0 Å². The predicted octanol–water partition coefficient (Wildman–Crippen LogP) is 3.88. The van der Waals surface area contributed by atoms with Gasteiger partial charge in [0.2, 0.25) is 9.84 Å². The van der Waals surface area contributed by atoms with Crippen LogP contribution < -0.4 is 5.32 Å². The van der Waals surface area contributed by atoms with Crippen molar-refractivity contribution in [2.24, 2.45) is 0 Å². The molecule has 152 valence electrons. The highest BCUT2D eigenvalue weighted by molar-refractivity contribution is 7.95. The summed E-state index contributed by atoms with van der Waals surface area (Å²) in [6.45, 7) is 3.32. The number of carbonyl (C=O) groups is 1. The molecule has 0 aliphatic carbocycles. The van der Waals surface area contributed by atoms with Gasteiger partial charge in [0.15, 0.2) is 0 Å². The second-order valence-electron chi connectivity index (χ2n) is 6.60. The Hall–Kier alpha value is -2.77. The van der Waals surface area contributed by atoms with Crippen molar-refractivity contribution in [3.05, 3.63) is 81.0 Å². The Balaban J connectivity index is 2.31. The number of aromatic hydroxyl groups is 1. The van der Waals surface area contributed by atoms with Gasteiger partial charge in [0.05, 0.1) is 28.4 Å². The lowest BCUT2D eigenvalue weighted by molar-refractivity contribution is -0.136. The van der Waals surface area contributed by atoms with Crippen molar-refractivity contribution in [3.8, 4) is 5.75 Å². The Kier molecular flexibility index (Phi) is 5.73. The Labute approximate surface area is 174 Å². The van der Waals surface area contributed by atoms with Gasteiger partial charge in [-0.1, -0.05) is 29.8 Å². The number of rotatable bonds is 4. The molecule has 3 rings (SSSR count). The molecule has 2 aromatic rings. The molecule has 0 spiro atoms. The number of benzene rings is 2. The summed E-state index contributed by atoms with van der Waals surface area (Å²) in [5.74, 6) is -1.65. The molecule has 2 aromatic carbocycles. The molecule has 0 saturated carbocycles. The van der Waals surface area contributed by atoms with Crippen LogP contribution in [0.1, 0.15) is 25.3 Å². The minimum Gasteiger partial charge on any atom is -0.508 e. The van der Waals surface area contributed by atoms with Crippen LogP contribution in [0.4, 0.5) is 0 Å². The monoisotopic (exact) mass is 433 g/mol. The molecule has 6 nitrogen and oxygen atoms in total. The fourth-order valence-electron chi connectivity index (χ4n) is 3.47. The zero-order chi connectivity index (χ0) is 21.3. The highest BCUT2D eigenvalue weighted by Crippen LogP contribution is 2.45. The highest BCUT2D eigenvalue weighted by Gasteiger charge is 2.41. The van der Waals surface area contributed by atoms with Gasteiger partial charge in [-0.15, -0.1) is 0 Å². The molecule has 0 amide bonds. The zero-order valence-corrected chi connectivity index (χ0v) is 17.6. The van der Waals surface area contributed by atoms with Crippen molar-refractivity contribution in [2.75, 3.05) is 7.11 Å². The molecule has 1 heterocycles. The van der Waals surface area contributed by atoms with Gasteiger partial charge in [-0.2, -0.15) is 0 Å². The molecule has 8 heteroatoms. The summed E-state index contributed by atoms with van der Waals surface area (Å²) in [5, 5.41) is 12.8. The van der Waals surface area contributed by atoms with Gasteiger partial charge < -0.3 is 15.2 Å². The van der Waals surface area contributed by atoms with Crippen molar-refractivity contribution >= 4 is 27.4 Å². The smallest absolute Gasteiger partial charge is 0.336 e. The van der Waals surface area contributed by atoms with Gasteiger partial charge in [0.25, 0.3) is 0 Å². The number of sulfone groups is 1. The van der Waals surface area contributed by atoms with Crippen molar-refractivity contribution in [3.63, 3.8) is 0 Å². The molecular formula is C21H20ClNO5S. The average molecular weight is 434 g/mol. The third kappa shape index (κ3) is 3.75. The summed E-state index contributed by atoms with van der Waals surface area (Å²) in [6, 6.07) is 12.0. The Morgan fingerprint density at radius 1 is 1.07 bits per heavy atom. The van der Waals surface area contributed by atoms with Gasteiger partial charge in [-0.3, -0.25) is 0 Å². The second kappa shape index (κ2) is 7.93. The van der Waals surface area contributed by atoms with E-state index in [9.17, 15) is 18.3 Å². The maximum atomic E-state index is 13.6. The van der Waals surface area contributed by atoms with Crippen LogP contribution in [0.3, 0.4) is 0 Å². The SMILES string of the molecule is COC(=O)C1=C(C)NC(C)=C(S(=O)(=O)c2ccc(O)cc2)C1c1ccccc1Cl. The molecule has 1 atom stereocenters. The summed E-state index contributed by atoms with van der Waals surface area (Å²) < 4.78 is 32.1. The maximum Gasteiger partial charge on any atom is 0.336 e. The van der Waals surface area contributed by atoms with Crippen LogP contribution >= 0.6 is 11.6 Å². The first kappa shape index (κ1) is 21.0. The van der Waals surface area contributed by atoms with Crippen LogP contribution in [-0.4, -0.2) is 26.6 Å². The van der Waals surface area contributed by atoms with Gasteiger partial charge in [0, 0.05) is 16.4 Å². The molecule has 0 bridgehead atoms. The fourth-order valence-corrected chi connectivity index (χ4v) is 5.47. The van der Waals surface area contributed by atoms with Gasteiger partial charge in [-0.25, -0.2) is 13.2 Å². The number of allylic oxidation sites excluding steroid dienone is 3. The van der Waals surface area contributed by atoms with Gasteiger partial charge >= 0.3 is 5.97 Å². The number of esters is 1. The normalized spacial score (nSPS) is 17.2. The molecular weight excluding hydrogens is 414 g/mol. The summed E-state index contributed by atoms with van der Waals surface area (Å²) in [5.41, 5.74) is 1.52. The highest BCUT2D eigenvalue weighted by atomic mass is 35.5. The van der Waals surface area contributed by atoms with E-state index in [2.05, 4.69) is 5.32 Å². The van der Waals surface area contributed by atoms with Crippen molar-refractivity contribution < 1.29 is 23.1 Å². The number of methoxy groups -OCH3 is 1. The molecule has 0 radical (unpaired) electrons. The minimum absolute atomic E-state index is 0.00212. The predicted molar refractivity (Wildman–Crippen MR) is 110 cm³/mol. The number of nitrogens with one attached hydrogen (secondary N) is 1. The number of ether oxygens (including phenoxy) is 1. The number of phenolic OH excluding ortho intramolecular Hbond substituents is 1. The standard InChI is InChI=1S/C21H20ClNO5S/c1-12-18(21(25)28-3)19(16-6-4-5-7-17(16)22)20(13(2)23-12)29(26,27)15-10-8-14(24)9-11-15/h4-11,19,23-24H,1-3H3. The molecule has 1 aliphatic rings. The van der Waals surface area contributed by atoms with Crippen LogP contribution in [0.25, 0.3) is 0 Å². The average Bonchev–Trinajstić information content (AvgIpc) is 2.67. The first-order chi connectivity index (χ1) is 13.7. The van der Waals surface area contributed by atoms with E-state index in [0.717, 1.165) is 0 Å². The fraction of sp³-hybridized carbons (Fsp3) is 0.190. The summed E-state index contributed by atoms with van der Waals surface area (Å²) in [7, 11) is -2.79. The van der Waals surface area contributed by atoms with Crippen LogP contribution in [-0.2, 0) is 19.4 Å². The van der Waals surface area contributed by atoms with E-state index in [0.29, 0.717) is 22.0 Å². The maximum absolute atomic E-state index is 13.6. The number of halogens is 1. The molecule has 2 N–H and O–H groups in total. The Morgan fingerprint density at radius 2 is 1.69 bits per heavy atom. The van der Waals surface area contributed by atoms with Crippen LogP contribution in [0.15, 0.2) is 75.3 Å². The lowest BCUT2D eigenvalue weighted by atomic mass is 9.86. The molecule has 0 fully saturated rings. The van der Waals surface area contributed by atoms with Crippen LogP contribution in [0.5, 0.6) is 5.75 Å². The molecule has 29 heavy (non-hydrogen) atoms. The third-order valence-corrected chi connectivity index (χ3v) is 7.12. The van der Waals surface area contributed by atoms with E-state index < -0.39 is 21.7 Å². The van der Waals surface area contributed by atoms with E-state index >= 15 is 0 Å². The van der Waals surface area contributed by atoms with Crippen molar-refractivity contribution in [1.29, 1.82) is 0 Å².